The summed E-state index contributed by atoms with van der Waals surface area (Å²) in [6.07, 6.45) is 8.47. The number of carbonyl (C=O) groups excluding carboxylic acids is 1. The van der Waals surface area contributed by atoms with Gasteiger partial charge in [0.1, 0.15) is 0 Å². The predicted octanol–water partition coefficient (Wildman–Crippen LogP) is 3.77. The number of carbonyl (C=O) groups is 1. The molecule has 0 radical (unpaired) electrons. The van der Waals surface area contributed by atoms with E-state index in [0.717, 1.165) is 13.0 Å². The van der Waals surface area contributed by atoms with E-state index in [2.05, 4.69) is 35.8 Å². The third kappa shape index (κ3) is 4.48. The van der Waals surface area contributed by atoms with Crippen molar-refractivity contribution in [3.63, 3.8) is 0 Å². The molecular formula is C18H28N2O. The van der Waals surface area contributed by atoms with Gasteiger partial charge in [0, 0.05) is 13.6 Å². The smallest absolute Gasteiger partial charge is 0.314 e. The first-order chi connectivity index (χ1) is 10.2. The first-order valence-electron chi connectivity index (χ1n) is 8.32. The van der Waals surface area contributed by atoms with E-state index in [1.807, 2.05) is 0 Å². The Morgan fingerprint density at radius 2 is 2.24 bits per heavy atom. The van der Waals surface area contributed by atoms with E-state index in [9.17, 15) is 4.79 Å². The number of nitrogens with one attached hydrogen (secondary N) is 2. The molecular weight excluding hydrogens is 260 g/mol. The first-order valence-corrected chi connectivity index (χ1v) is 8.32. The van der Waals surface area contributed by atoms with Crippen molar-refractivity contribution in [2.24, 2.45) is 0 Å². The van der Waals surface area contributed by atoms with Crippen molar-refractivity contribution in [1.29, 1.82) is 0 Å². The molecule has 0 heterocycles. The number of benzene rings is 1. The van der Waals surface area contributed by atoms with Crippen molar-refractivity contribution in [3.05, 3.63) is 34.9 Å². The van der Waals surface area contributed by atoms with Gasteiger partial charge in [-0.05, 0) is 61.1 Å². The lowest BCUT2D eigenvalue weighted by atomic mass is 9.80. The molecule has 0 bridgehead atoms. The predicted molar refractivity (Wildman–Crippen MR) is 87.8 cm³/mol. The van der Waals surface area contributed by atoms with Gasteiger partial charge < -0.3 is 10.6 Å². The molecule has 0 fully saturated rings. The van der Waals surface area contributed by atoms with Crippen LogP contribution in [0.3, 0.4) is 0 Å². The van der Waals surface area contributed by atoms with E-state index in [1.165, 1.54) is 55.2 Å². The summed E-state index contributed by atoms with van der Waals surface area (Å²) in [5, 5.41) is 5.51. The Balaban J connectivity index is 2.00. The van der Waals surface area contributed by atoms with E-state index < -0.39 is 0 Å². The maximum absolute atomic E-state index is 11.2. The summed E-state index contributed by atoms with van der Waals surface area (Å²) >= 11 is 0. The van der Waals surface area contributed by atoms with Crippen LogP contribution >= 0.6 is 0 Å². The van der Waals surface area contributed by atoms with Gasteiger partial charge in [0.05, 0.1) is 0 Å². The molecule has 2 N–H and O–H groups in total. The Labute approximate surface area is 128 Å². The first kappa shape index (κ1) is 15.9. The van der Waals surface area contributed by atoms with Crippen LogP contribution in [0.25, 0.3) is 0 Å². The number of hydrogen-bond donors (Lipinski definition) is 2. The zero-order valence-electron chi connectivity index (χ0n) is 13.4. The molecule has 0 saturated heterocycles. The minimum absolute atomic E-state index is 0.0808. The summed E-state index contributed by atoms with van der Waals surface area (Å²) in [4.78, 5) is 11.2. The van der Waals surface area contributed by atoms with Gasteiger partial charge in [-0.25, -0.2) is 4.79 Å². The van der Waals surface area contributed by atoms with Crippen LogP contribution in [-0.2, 0) is 12.8 Å². The topological polar surface area (TPSA) is 41.1 Å². The zero-order chi connectivity index (χ0) is 15.1. The second kappa shape index (κ2) is 8.06. The van der Waals surface area contributed by atoms with Gasteiger partial charge in [-0.2, -0.15) is 0 Å². The molecule has 1 atom stereocenters. The van der Waals surface area contributed by atoms with E-state index >= 15 is 0 Å². The molecule has 0 saturated carbocycles. The number of amides is 2. The summed E-state index contributed by atoms with van der Waals surface area (Å²) in [5.74, 6) is 0.604. The fraction of sp³-hybridized carbons (Fsp3) is 0.611. The molecule has 1 unspecified atom stereocenters. The second-order valence-electron chi connectivity index (χ2n) is 6.02. The average molecular weight is 288 g/mol. The monoisotopic (exact) mass is 288 g/mol. The Bertz CT molecular complexity index is 470. The van der Waals surface area contributed by atoms with Crippen molar-refractivity contribution < 1.29 is 4.79 Å². The number of fused-ring (bicyclic) bond motifs is 1. The maximum atomic E-state index is 11.2. The van der Waals surface area contributed by atoms with E-state index in [4.69, 9.17) is 0 Å². The highest BCUT2D eigenvalue weighted by Gasteiger charge is 2.20. The molecule has 2 rings (SSSR count). The molecule has 116 valence electrons. The van der Waals surface area contributed by atoms with Gasteiger partial charge in [0.25, 0.3) is 0 Å². The Morgan fingerprint density at radius 1 is 1.38 bits per heavy atom. The SMILES string of the molecule is CCCCc1ccc2c(c1)C(CCNC(=O)NC)CCC2. The fourth-order valence-electron chi connectivity index (χ4n) is 3.23. The molecule has 21 heavy (non-hydrogen) atoms. The maximum Gasteiger partial charge on any atom is 0.314 e. The molecule has 0 aliphatic heterocycles. The molecule has 1 aliphatic rings. The van der Waals surface area contributed by atoms with Crippen molar-refractivity contribution in [2.45, 2.75) is 57.8 Å². The van der Waals surface area contributed by atoms with Crippen LogP contribution in [0.15, 0.2) is 18.2 Å². The van der Waals surface area contributed by atoms with Gasteiger partial charge in [-0.1, -0.05) is 31.5 Å². The second-order valence-corrected chi connectivity index (χ2v) is 6.02. The zero-order valence-corrected chi connectivity index (χ0v) is 13.4. The van der Waals surface area contributed by atoms with E-state index in [-0.39, 0.29) is 6.03 Å². The van der Waals surface area contributed by atoms with Crippen LogP contribution in [-0.4, -0.2) is 19.6 Å². The largest absolute Gasteiger partial charge is 0.341 e. The van der Waals surface area contributed by atoms with Gasteiger partial charge in [0.15, 0.2) is 0 Å². The lowest BCUT2D eigenvalue weighted by Crippen LogP contribution is -2.34. The van der Waals surface area contributed by atoms with Crippen LogP contribution in [0.4, 0.5) is 4.79 Å². The molecule has 3 nitrogen and oxygen atoms in total. The van der Waals surface area contributed by atoms with Crippen LogP contribution < -0.4 is 10.6 Å². The molecule has 1 aliphatic carbocycles. The Kier molecular flexibility index (Phi) is 6.09. The summed E-state index contributed by atoms with van der Waals surface area (Å²) in [6.45, 7) is 2.99. The lowest BCUT2D eigenvalue weighted by molar-refractivity contribution is 0.242. The standard InChI is InChI=1S/C18H28N2O/c1-3-4-6-14-9-10-15-7-5-8-16(17(15)13-14)11-12-20-18(21)19-2/h9-10,13,16H,3-8,11-12H2,1-2H3,(H2,19,20,21). The van der Waals surface area contributed by atoms with Gasteiger partial charge in [-0.15, -0.1) is 0 Å². The molecule has 1 aromatic rings. The fourth-order valence-corrected chi connectivity index (χ4v) is 3.23. The van der Waals surface area contributed by atoms with Crippen molar-refractivity contribution in [3.8, 4) is 0 Å². The molecule has 1 aromatic carbocycles. The summed E-state index contributed by atoms with van der Waals surface area (Å²) in [7, 11) is 1.66. The highest BCUT2D eigenvalue weighted by Crippen LogP contribution is 2.34. The van der Waals surface area contributed by atoms with Gasteiger partial charge in [-0.3, -0.25) is 0 Å². The highest BCUT2D eigenvalue weighted by atomic mass is 16.2. The summed E-state index contributed by atoms with van der Waals surface area (Å²) in [6, 6.07) is 6.98. The number of hydrogen-bond acceptors (Lipinski definition) is 1. The summed E-state index contributed by atoms with van der Waals surface area (Å²) in [5.41, 5.74) is 4.53. The number of unbranched alkanes of at least 4 members (excludes halogenated alkanes) is 1. The van der Waals surface area contributed by atoms with Gasteiger partial charge >= 0.3 is 6.03 Å². The van der Waals surface area contributed by atoms with Crippen LogP contribution in [0.1, 0.15) is 61.6 Å². The van der Waals surface area contributed by atoms with Crippen molar-refractivity contribution in [1.82, 2.24) is 10.6 Å². The Hall–Kier alpha value is -1.51. The van der Waals surface area contributed by atoms with Crippen LogP contribution in [0.2, 0.25) is 0 Å². The Morgan fingerprint density at radius 3 is 3.00 bits per heavy atom. The third-order valence-corrected chi connectivity index (χ3v) is 4.47. The number of rotatable bonds is 6. The normalized spacial score (nSPS) is 17.1. The molecule has 0 spiro atoms. The quantitative estimate of drug-likeness (QED) is 0.822. The number of aryl methyl sites for hydroxylation is 2. The molecule has 2 amide bonds. The van der Waals surface area contributed by atoms with Crippen LogP contribution in [0.5, 0.6) is 0 Å². The van der Waals surface area contributed by atoms with Crippen molar-refractivity contribution >= 4 is 6.03 Å². The third-order valence-electron chi connectivity index (χ3n) is 4.47. The van der Waals surface area contributed by atoms with E-state index in [1.54, 1.807) is 7.05 Å². The average Bonchev–Trinajstić information content (AvgIpc) is 2.52. The van der Waals surface area contributed by atoms with Gasteiger partial charge in [0.2, 0.25) is 0 Å². The molecule has 3 heteroatoms. The molecule has 0 aromatic heterocycles. The lowest BCUT2D eigenvalue weighted by Gasteiger charge is -2.26. The van der Waals surface area contributed by atoms with Crippen LogP contribution in [0, 0.1) is 0 Å². The minimum Gasteiger partial charge on any atom is -0.341 e. The van der Waals surface area contributed by atoms with E-state index in [0.29, 0.717) is 5.92 Å². The minimum atomic E-state index is -0.0808. The van der Waals surface area contributed by atoms with Crippen molar-refractivity contribution in [2.75, 3.05) is 13.6 Å². The summed E-state index contributed by atoms with van der Waals surface area (Å²) < 4.78 is 0. The number of urea groups is 1. The highest BCUT2D eigenvalue weighted by molar-refractivity contribution is 5.73.